The first-order valence-electron chi connectivity index (χ1n) is 4.28. The van der Waals surface area contributed by atoms with Gasteiger partial charge in [0.1, 0.15) is 0 Å². The standard InChI is InChI=1S/C8H18N2O2/c1-3-4-10(5-6-11)8(12)7(2)9/h7,11H,3-6,9H2,1-2H3. The van der Waals surface area contributed by atoms with E-state index in [0.29, 0.717) is 13.1 Å². The van der Waals surface area contributed by atoms with Gasteiger partial charge in [0.05, 0.1) is 12.6 Å². The molecule has 0 aliphatic heterocycles. The maximum absolute atomic E-state index is 11.3. The molecule has 0 aliphatic rings. The Morgan fingerprint density at radius 2 is 2.17 bits per heavy atom. The first-order valence-corrected chi connectivity index (χ1v) is 4.28. The van der Waals surface area contributed by atoms with E-state index in [1.807, 2.05) is 6.92 Å². The van der Waals surface area contributed by atoms with Crippen LogP contribution in [0.1, 0.15) is 20.3 Å². The van der Waals surface area contributed by atoms with Crippen LogP contribution in [0.25, 0.3) is 0 Å². The lowest BCUT2D eigenvalue weighted by Crippen LogP contribution is -2.43. The molecule has 0 spiro atoms. The predicted octanol–water partition coefficient (Wildman–Crippen LogP) is -0.435. The van der Waals surface area contributed by atoms with Crippen molar-refractivity contribution in [1.82, 2.24) is 4.90 Å². The minimum Gasteiger partial charge on any atom is -0.395 e. The lowest BCUT2D eigenvalue weighted by molar-refractivity contribution is -0.132. The molecule has 3 N–H and O–H groups in total. The molecule has 72 valence electrons. The van der Waals surface area contributed by atoms with Crippen LogP contribution < -0.4 is 5.73 Å². The fourth-order valence-corrected chi connectivity index (χ4v) is 1.01. The summed E-state index contributed by atoms with van der Waals surface area (Å²) >= 11 is 0. The second-order valence-electron chi connectivity index (χ2n) is 2.84. The number of aliphatic hydroxyl groups is 1. The number of rotatable bonds is 5. The SMILES string of the molecule is CCCN(CCO)C(=O)C(C)N. The van der Waals surface area contributed by atoms with Gasteiger partial charge in [-0.25, -0.2) is 0 Å². The highest BCUT2D eigenvalue weighted by Gasteiger charge is 2.15. The van der Waals surface area contributed by atoms with Crippen molar-refractivity contribution in [2.75, 3.05) is 19.7 Å². The number of hydrogen-bond donors (Lipinski definition) is 2. The van der Waals surface area contributed by atoms with E-state index in [4.69, 9.17) is 10.8 Å². The van der Waals surface area contributed by atoms with Gasteiger partial charge >= 0.3 is 0 Å². The second-order valence-corrected chi connectivity index (χ2v) is 2.84. The van der Waals surface area contributed by atoms with E-state index in [1.54, 1.807) is 11.8 Å². The Hall–Kier alpha value is -0.610. The number of amides is 1. The van der Waals surface area contributed by atoms with Crippen LogP contribution in [0.15, 0.2) is 0 Å². The zero-order chi connectivity index (χ0) is 9.56. The zero-order valence-electron chi connectivity index (χ0n) is 7.79. The summed E-state index contributed by atoms with van der Waals surface area (Å²) < 4.78 is 0. The molecule has 0 aromatic carbocycles. The van der Waals surface area contributed by atoms with Crippen LogP contribution in [-0.2, 0) is 4.79 Å². The molecule has 0 bridgehead atoms. The summed E-state index contributed by atoms with van der Waals surface area (Å²) in [4.78, 5) is 12.9. The molecule has 4 nitrogen and oxygen atoms in total. The van der Waals surface area contributed by atoms with E-state index in [0.717, 1.165) is 6.42 Å². The zero-order valence-corrected chi connectivity index (χ0v) is 7.79. The Bertz CT molecular complexity index is 131. The third-order valence-corrected chi connectivity index (χ3v) is 1.56. The van der Waals surface area contributed by atoms with Crippen molar-refractivity contribution in [2.45, 2.75) is 26.3 Å². The normalized spacial score (nSPS) is 12.7. The summed E-state index contributed by atoms with van der Waals surface area (Å²) in [7, 11) is 0. The molecule has 4 heteroatoms. The lowest BCUT2D eigenvalue weighted by atomic mass is 10.3. The van der Waals surface area contributed by atoms with Crippen LogP contribution in [0.2, 0.25) is 0 Å². The lowest BCUT2D eigenvalue weighted by Gasteiger charge is -2.22. The fraction of sp³-hybridized carbons (Fsp3) is 0.875. The van der Waals surface area contributed by atoms with Gasteiger partial charge < -0.3 is 15.7 Å². The van der Waals surface area contributed by atoms with Crippen molar-refractivity contribution in [2.24, 2.45) is 5.73 Å². The van der Waals surface area contributed by atoms with Gasteiger partial charge in [-0.2, -0.15) is 0 Å². The Kier molecular flexibility index (Phi) is 5.66. The predicted molar refractivity (Wildman–Crippen MR) is 47.6 cm³/mol. The highest BCUT2D eigenvalue weighted by molar-refractivity contribution is 5.81. The molecule has 0 saturated carbocycles. The van der Waals surface area contributed by atoms with Crippen LogP contribution in [0.3, 0.4) is 0 Å². The summed E-state index contributed by atoms with van der Waals surface area (Å²) in [6.45, 7) is 4.69. The minimum absolute atomic E-state index is 0.00153. The maximum Gasteiger partial charge on any atom is 0.239 e. The van der Waals surface area contributed by atoms with Crippen molar-refractivity contribution >= 4 is 5.91 Å². The molecule has 1 atom stereocenters. The number of carbonyl (C=O) groups excluding carboxylic acids is 1. The Labute approximate surface area is 73.3 Å². The van der Waals surface area contributed by atoms with Crippen molar-refractivity contribution in [1.29, 1.82) is 0 Å². The quantitative estimate of drug-likeness (QED) is 0.594. The van der Waals surface area contributed by atoms with Gasteiger partial charge in [-0.15, -0.1) is 0 Å². The minimum atomic E-state index is -0.469. The maximum atomic E-state index is 11.3. The van der Waals surface area contributed by atoms with Gasteiger partial charge in [-0.3, -0.25) is 4.79 Å². The van der Waals surface area contributed by atoms with E-state index in [2.05, 4.69) is 0 Å². The summed E-state index contributed by atoms with van der Waals surface area (Å²) in [6.07, 6.45) is 0.887. The van der Waals surface area contributed by atoms with Crippen LogP contribution in [0, 0.1) is 0 Å². The molecular weight excluding hydrogens is 156 g/mol. The third-order valence-electron chi connectivity index (χ3n) is 1.56. The van der Waals surface area contributed by atoms with Crippen LogP contribution >= 0.6 is 0 Å². The van der Waals surface area contributed by atoms with E-state index in [1.165, 1.54) is 0 Å². The van der Waals surface area contributed by atoms with Crippen molar-refractivity contribution in [3.63, 3.8) is 0 Å². The highest BCUT2D eigenvalue weighted by atomic mass is 16.3. The number of aliphatic hydroxyl groups excluding tert-OH is 1. The Morgan fingerprint density at radius 1 is 1.58 bits per heavy atom. The Morgan fingerprint density at radius 3 is 2.50 bits per heavy atom. The molecule has 0 aromatic heterocycles. The molecule has 0 saturated heterocycles. The number of carbonyl (C=O) groups is 1. The number of nitrogens with zero attached hydrogens (tertiary/aromatic N) is 1. The largest absolute Gasteiger partial charge is 0.395 e. The van der Waals surface area contributed by atoms with E-state index in [-0.39, 0.29) is 12.5 Å². The Balaban J connectivity index is 3.99. The average Bonchev–Trinajstić information content (AvgIpc) is 2.03. The van der Waals surface area contributed by atoms with E-state index >= 15 is 0 Å². The molecule has 12 heavy (non-hydrogen) atoms. The van der Waals surface area contributed by atoms with Gasteiger partial charge in [0.15, 0.2) is 0 Å². The molecule has 0 heterocycles. The first kappa shape index (κ1) is 11.4. The molecule has 0 aromatic rings. The second kappa shape index (κ2) is 5.97. The van der Waals surface area contributed by atoms with E-state index < -0.39 is 6.04 Å². The van der Waals surface area contributed by atoms with Gasteiger partial charge in [0.2, 0.25) is 5.91 Å². The van der Waals surface area contributed by atoms with Crippen LogP contribution in [-0.4, -0.2) is 41.7 Å². The van der Waals surface area contributed by atoms with Gasteiger partial charge in [-0.1, -0.05) is 6.92 Å². The van der Waals surface area contributed by atoms with Crippen molar-refractivity contribution in [3.05, 3.63) is 0 Å². The van der Waals surface area contributed by atoms with Crippen molar-refractivity contribution in [3.8, 4) is 0 Å². The highest BCUT2D eigenvalue weighted by Crippen LogP contribution is 1.94. The van der Waals surface area contributed by atoms with Gasteiger partial charge in [-0.05, 0) is 13.3 Å². The fourth-order valence-electron chi connectivity index (χ4n) is 1.01. The molecule has 1 unspecified atom stereocenters. The number of hydrogen-bond acceptors (Lipinski definition) is 3. The summed E-state index contributed by atoms with van der Waals surface area (Å²) in [5.74, 6) is -0.0918. The first-order chi connectivity index (χ1) is 5.63. The molecule has 1 amide bonds. The average molecular weight is 174 g/mol. The number of nitrogens with two attached hydrogens (primary N) is 1. The van der Waals surface area contributed by atoms with Crippen molar-refractivity contribution < 1.29 is 9.90 Å². The topological polar surface area (TPSA) is 66.6 Å². The molecular formula is C8H18N2O2. The summed E-state index contributed by atoms with van der Waals surface area (Å²) in [6, 6.07) is -0.469. The monoisotopic (exact) mass is 174 g/mol. The molecule has 0 aliphatic carbocycles. The molecule has 0 fully saturated rings. The molecule has 0 rings (SSSR count). The van der Waals surface area contributed by atoms with E-state index in [9.17, 15) is 4.79 Å². The van der Waals surface area contributed by atoms with Crippen LogP contribution in [0.5, 0.6) is 0 Å². The van der Waals surface area contributed by atoms with Crippen LogP contribution in [0.4, 0.5) is 0 Å². The summed E-state index contributed by atoms with van der Waals surface area (Å²) in [5, 5.41) is 8.66. The molecule has 0 radical (unpaired) electrons. The third kappa shape index (κ3) is 3.69. The smallest absolute Gasteiger partial charge is 0.239 e. The summed E-state index contributed by atoms with van der Waals surface area (Å²) in [5.41, 5.74) is 5.42. The van der Waals surface area contributed by atoms with Gasteiger partial charge in [0, 0.05) is 13.1 Å². The van der Waals surface area contributed by atoms with Gasteiger partial charge in [0.25, 0.3) is 0 Å².